The van der Waals surface area contributed by atoms with Gasteiger partial charge in [-0.15, -0.1) is 0 Å². The Hall–Kier alpha value is -0.290. The minimum atomic E-state index is -0.232. The van der Waals surface area contributed by atoms with Crippen molar-refractivity contribution < 1.29 is 4.79 Å². The second kappa shape index (κ2) is 4.92. The molecule has 0 aliphatic carbocycles. The smallest absolute Gasteiger partial charge is 0.239 e. The van der Waals surface area contributed by atoms with Crippen LogP contribution in [-0.2, 0) is 11.2 Å². The maximum Gasteiger partial charge on any atom is 0.239 e. The first-order valence-corrected chi connectivity index (χ1v) is 6.56. The summed E-state index contributed by atoms with van der Waals surface area (Å²) < 4.78 is 0.512. The molecule has 1 aliphatic rings. The molecule has 2 rings (SSSR count). The normalized spacial score (nSPS) is 20.0. The van der Waals surface area contributed by atoms with Crippen molar-refractivity contribution >= 4 is 57.4 Å². The Labute approximate surface area is 113 Å². The molecule has 2 nitrogen and oxygen atoms in total. The zero-order valence-corrected chi connectivity index (χ0v) is 11.1. The molecule has 0 aromatic heterocycles. The van der Waals surface area contributed by atoms with Gasteiger partial charge in [-0.3, -0.25) is 4.79 Å². The van der Waals surface area contributed by atoms with Crippen molar-refractivity contribution in [3.05, 3.63) is 33.8 Å². The highest BCUT2D eigenvalue weighted by Crippen LogP contribution is 2.30. The second-order valence-electron chi connectivity index (χ2n) is 3.29. The van der Waals surface area contributed by atoms with Gasteiger partial charge in [0.25, 0.3) is 0 Å². The summed E-state index contributed by atoms with van der Waals surface area (Å²) in [6, 6.07) is 5.30. The Balaban J connectivity index is 2.21. The first-order chi connectivity index (χ1) is 7.58. The van der Waals surface area contributed by atoms with Crippen molar-refractivity contribution in [1.82, 2.24) is 5.32 Å². The average molecular weight is 292 g/mol. The third-order valence-corrected chi connectivity index (χ3v) is 4.30. The quantitative estimate of drug-likeness (QED) is 0.849. The van der Waals surface area contributed by atoms with Gasteiger partial charge in [-0.05, 0) is 24.1 Å². The summed E-state index contributed by atoms with van der Waals surface area (Å²) in [7, 11) is 0. The molecule has 1 atom stereocenters. The number of thioether (sulfide) groups is 1. The third-order valence-electron chi connectivity index (χ3n) is 2.22. The van der Waals surface area contributed by atoms with Gasteiger partial charge in [-0.2, -0.15) is 0 Å². The van der Waals surface area contributed by atoms with Crippen LogP contribution in [0.5, 0.6) is 0 Å². The molecule has 0 radical (unpaired) electrons. The van der Waals surface area contributed by atoms with Crippen LogP contribution in [-0.4, -0.2) is 15.5 Å². The number of nitrogens with one attached hydrogen (secondary N) is 1. The molecule has 1 fully saturated rings. The molecule has 1 heterocycles. The van der Waals surface area contributed by atoms with Crippen molar-refractivity contribution in [2.45, 2.75) is 11.7 Å². The van der Waals surface area contributed by atoms with E-state index in [9.17, 15) is 4.79 Å². The van der Waals surface area contributed by atoms with E-state index in [4.69, 9.17) is 35.4 Å². The molecule has 1 amide bonds. The van der Waals surface area contributed by atoms with E-state index < -0.39 is 0 Å². The number of carbonyl (C=O) groups excluding carboxylic acids is 1. The zero-order valence-electron chi connectivity index (χ0n) is 8.00. The van der Waals surface area contributed by atoms with E-state index in [1.165, 1.54) is 11.8 Å². The second-order valence-corrected chi connectivity index (χ2v) is 5.98. The van der Waals surface area contributed by atoms with Crippen molar-refractivity contribution in [2.24, 2.45) is 0 Å². The summed E-state index contributed by atoms with van der Waals surface area (Å²) in [5.74, 6) is -0.0778. The van der Waals surface area contributed by atoms with Gasteiger partial charge in [-0.25, -0.2) is 0 Å². The van der Waals surface area contributed by atoms with Gasteiger partial charge in [0.15, 0.2) is 0 Å². The van der Waals surface area contributed by atoms with E-state index in [0.717, 1.165) is 5.56 Å². The topological polar surface area (TPSA) is 29.1 Å². The fraction of sp³-hybridized carbons (Fsp3) is 0.200. The molecular weight excluding hydrogens is 285 g/mol. The summed E-state index contributed by atoms with van der Waals surface area (Å²) in [5, 5.41) is 3.53. The summed E-state index contributed by atoms with van der Waals surface area (Å²) in [4.78, 5) is 11.5. The van der Waals surface area contributed by atoms with Crippen LogP contribution in [0, 0.1) is 0 Å². The summed E-state index contributed by atoms with van der Waals surface area (Å²) in [6.07, 6.45) is 0.495. The Morgan fingerprint density at radius 1 is 1.38 bits per heavy atom. The molecular formula is C10H7Cl2NOS2. The minimum absolute atomic E-state index is 0.0778. The summed E-state index contributed by atoms with van der Waals surface area (Å²) in [6.45, 7) is 0. The maximum atomic E-state index is 11.5. The monoisotopic (exact) mass is 291 g/mol. The number of rotatable bonds is 2. The molecule has 1 aliphatic heterocycles. The van der Waals surface area contributed by atoms with Crippen LogP contribution in [0.15, 0.2) is 18.2 Å². The van der Waals surface area contributed by atoms with Gasteiger partial charge < -0.3 is 5.32 Å². The lowest BCUT2D eigenvalue weighted by atomic mass is 10.1. The van der Waals surface area contributed by atoms with Crippen molar-refractivity contribution in [2.75, 3.05) is 0 Å². The maximum absolute atomic E-state index is 11.5. The van der Waals surface area contributed by atoms with E-state index >= 15 is 0 Å². The number of thiocarbonyl (C=S) groups is 1. The predicted molar refractivity (Wildman–Crippen MR) is 72.3 cm³/mol. The molecule has 84 valence electrons. The average Bonchev–Trinajstić information content (AvgIpc) is 2.51. The molecule has 0 saturated carbocycles. The molecule has 1 unspecified atom stereocenters. The van der Waals surface area contributed by atoms with E-state index in [-0.39, 0.29) is 11.2 Å². The zero-order chi connectivity index (χ0) is 11.7. The van der Waals surface area contributed by atoms with Crippen molar-refractivity contribution in [1.29, 1.82) is 0 Å². The molecule has 6 heteroatoms. The fourth-order valence-corrected chi connectivity index (χ4v) is 3.28. The number of carbonyl (C=O) groups is 1. The fourth-order valence-electron chi connectivity index (χ4n) is 1.44. The van der Waals surface area contributed by atoms with Crippen LogP contribution in [0.4, 0.5) is 0 Å². The summed E-state index contributed by atoms with van der Waals surface area (Å²) in [5.41, 5.74) is 0.795. The number of hydrogen-bond donors (Lipinski definition) is 1. The molecule has 16 heavy (non-hydrogen) atoms. The Kier molecular flexibility index (Phi) is 3.74. The first-order valence-electron chi connectivity index (χ1n) is 4.52. The number of benzene rings is 1. The lowest BCUT2D eigenvalue weighted by Gasteiger charge is -2.09. The minimum Gasteiger partial charge on any atom is -0.311 e. The van der Waals surface area contributed by atoms with Gasteiger partial charge in [-0.1, -0.05) is 53.2 Å². The largest absolute Gasteiger partial charge is 0.311 e. The van der Waals surface area contributed by atoms with Crippen molar-refractivity contribution in [3.63, 3.8) is 0 Å². The molecule has 0 spiro atoms. The SMILES string of the molecule is O=C1NC(=S)SC1Cc1c(Cl)cccc1Cl. The van der Waals surface area contributed by atoms with E-state index in [1.54, 1.807) is 18.2 Å². The van der Waals surface area contributed by atoms with Crippen molar-refractivity contribution in [3.8, 4) is 0 Å². The lowest BCUT2D eigenvalue weighted by Crippen LogP contribution is -2.25. The van der Waals surface area contributed by atoms with Gasteiger partial charge >= 0.3 is 0 Å². The van der Waals surface area contributed by atoms with E-state index in [1.807, 2.05) is 0 Å². The van der Waals surface area contributed by atoms with E-state index in [0.29, 0.717) is 20.8 Å². The molecule has 1 aromatic rings. The lowest BCUT2D eigenvalue weighted by molar-refractivity contribution is -0.118. The van der Waals surface area contributed by atoms with Crippen LogP contribution >= 0.6 is 47.2 Å². The van der Waals surface area contributed by atoms with Gasteiger partial charge in [0.1, 0.15) is 4.32 Å². The van der Waals surface area contributed by atoms with Gasteiger partial charge in [0, 0.05) is 10.0 Å². The third kappa shape index (κ3) is 2.51. The Morgan fingerprint density at radius 3 is 2.50 bits per heavy atom. The Morgan fingerprint density at radius 2 is 2.00 bits per heavy atom. The van der Waals surface area contributed by atoms with E-state index in [2.05, 4.69) is 5.32 Å². The van der Waals surface area contributed by atoms with Gasteiger partial charge in [0.2, 0.25) is 5.91 Å². The standard InChI is InChI=1S/C10H7Cl2NOS2/c11-6-2-1-3-7(12)5(6)4-8-9(14)13-10(15)16-8/h1-3,8H,4H2,(H,13,14,15). The predicted octanol–water partition coefficient (Wildman–Crippen LogP) is 3.05. The van der Waals surface area contributed by atoms with Crippen LogP contribution in [0.3, 0.4) is 0 Å². The van der Waals surface area contributed by atoms with Crippen LogP contribution in [0.1, 0.15) is 5.56 Å². The number of halogens is 2. The number of hydrogen-bond acceptors (Lipinski definition) is 3. The van der Waals surface area contributed by atoms with Crippen LogP contribution < -0.4 is 5.32 Å². The summed E-state index contributed by atoms with van der Waals surface area (Å²) >= 11 is 18.3. The highest BCUT2D eigenvalue weighted by molar-refractivity contribution is 8.24. The molecule has 0 bridgehead atoms. The molecule has 1 N–H and O–H groups in total. The Bertz CT molecular complexity index is 444. The number of amides is 1. The first kappa shape index (κ1) is 12.2. The highest BCUT2D eigenvalue weighted by atomic mass is 35.5. The molecule has 1 saturated heterocycles. The van der Waals surface area contributed by atoms with Gasteiger partial charge in [0.05, 0.1) is 5.25 Å². The van der Waals surface area contributed by atoms with Crippen LogP contribution in [0.25, 0.3) is 0 Å². The highest BCUT2D eigenvalue weighted by Gasteiger charge is 2.30. The molecule has 1 aromatic carbocycles. The van der Waals surface area contributed by atoms with Crippen LogP contribution in [0.2, 0.25) is 10.0 Å².